The third-order valence-corrected chi connectivity index (χ3v) is 7.23. The van der Waals surface area contributed by atoms with Gasteiger partial charge in [0.1, 0.15) is 0 Å². The van der Waals surface area contributed by atoms with E-state index in [0.717, 1.165) is 19.3 Å². The molecule has 0 nitrogen and oxygen atoms in total. The van der Waals surface area contributed by atoms with Crippen LogP contribution in [0.4, 0.5) is 0 Å². The minimum Gasteiger partial charge on any atom is -0.0588 e. The number of hydrogen-bond donors (Lipinski definition) is 0. The summed E-state index contributed by atoms with van der Waals surface area (Å²) in [6, 6.07) is 27.6. The van der Waals surface area contributed by atoms with Crippen LogP contribution in [0.2, 0.25) is 0 Å². The molecule has 4 rings (SSSR count). The molecular formula is C33H36. The lowest BCUT2D eigenvalue weighted by Crippen LogP contribution is -1.98. The molecule has 0 aliphatic heterocycles. The molecule has 0 aliphatic rings. The van der Waals surface area contributed by atoms with Gasteiger partial charge in [-0.2, -0.15) is 0 Å². The molecule has 0 saturated heterocycles. The molecule has 0 amide bonds. The van der Waals surface area contributed by atoms with Crippen LogP contribution in [-0.2, 0) is 19.3 Å². The first-order valence-electron chi connectivity index (χ1n) is 12.1. The Kier molecular flexibility index (Phi) is 6.84. The Morgan fingerprint density at radius 3 is 1.36 bits per heavy atom. The Morgan fingerprint density at radius 2 is 0.818 bits per heavy atom. The molecule has 0 heterocycles. The molecule has 0 saturated carbocycles. The zero-order valence-corrected chi connectivity index (χ0v) is 21.0. The Hall–Kier alpha value is -3.12. The first-order chi connectivity index (χ1) is 15.8. The van der Waals surface area contributed by atoms with Crippen molar-refractivity contribution in [2.45, 2.75) is 60.8 Å². The Balaban J connectivity index is 1.44. The zero-order chi connectivity index (χ0) is 23.5. The van der Waals surface area contributed by atoms with Crippen LogP contribution in [0.1, 0.15) is 55.6 Å². The van der Waals surface area contributed by atoms with Gasteiger partial charge in [-0.3, -0.25) is 0 Å². The molecule has 0 radical (unpaired) electrons. The maximum absolute atomic E-state index is 2.38. The van der Waals surface area contributed by atoms with Gasteiger partial charge in [-0.25, -0.2) is 0 Å². The van der Waals surface area contributed by atoms with E-state index in [4.69, 9.17) is 0 Å². The van der Waals surface area contributed by atoms with Crippen molar-refractivity contribution in [1.29, 1.82) is 0 Å². The van der Waals surface area contributed by atoms with Gasteiger partial charge >= 0.3 is 0 Å². The molecule has 0 N–H and O–H groups in total. The second-order valence-corrected chi connectivity index (χ2v) is 9.80. The SMILES string of the molecule is Cc1ccc(Cc2ccc(CCc3ccc(-c4ccc(C)c(C)c4)cc3C)c(C)c2)cc1C. The van der Waals surface area contributed by atoms with Gasteiger partial charge in [-0.1, -0.05) is 72.8 Å². The maximum atomic E-state index is 2.38. The van der Waals surface area contributed by atoms with Gasteiger partial charge in [0.2, 0.25) is 0 Å². The van der Waals surface area contributed by atoms with E-state index in [1.807, 2.05) is 0 Å². The van der Waals surface area contributed by atoms with Crippen LogP contribution in [0.15, 0.2) is 72.8 Å². The molecule has 0 atom stereocenters. The second-order valence-electron chi connectivity index (χ2n) is 9.80. The topological polar surface area (TPSA) is 0 Å². The van der Waals surface area contributed by atoms with E-state index in [1.54, 1.807) is 0 Å². The highest BCUT2D eigenvalue weighted by atomic mass is 14.1. The summed E-state index contributed by atoms with van der Waals surface area (Å²) in [5, 5.41) is 0. The summed E-state index contributed by atoms with van der Waals surface area (Å²) in [6.45, 7) is 13.2. The minimum atomic E-state index is 1.00. The highest BCUT2D eigenvalue weighted by Crippen LogP contribution is 2.26. The molecule has 0 fully saturated rings. The molecule has 0 bridgehead atoms. The molecule has 33 heavy (non-hydrogen) atoms. The monoisotopic (exact) mass is 432 g/mol. The summed E-state index contributed by atoms with van der Waals surface area (Å²) in [5.74, 6) is 0. The molecule has 0 heteroatoms. The Bertz CT molecular complexity index is 1290. The lowest BCUT2D eigenvalue weighted by Gasteiger charge is -2.13. The number of aryl methyl sites for hydroxylation is 8. The van der Waals surface area contributed by atoms with Gasteiger partial charge in [-0.05, 0) is 128 Å². The Labute approximate surface area is 200 Å². The van der Waals surface area contributed by atoms with Crippen LogP contribution < -0.4 is 0 Å². The average molecular weight is 433 g/mol. The predicted molar refractivity (Wildman–Crippen MR) is 143 cm³/mol. The molecule has 4 aromatic rings. The van der Waals surface area contributed by atoms with Crippen molar-refractivity contribution in [2.24, 2.45) is 0 Å². The highest BCUT2D eigenvalue weighted by Gasteiger charge is 2.07. The summed E-state index contributed by atoms with van der Waals surface area (Å²) in [5.41, 5.74) is 16.5. The predicted octanol–water partition coefficient (Wildman–Crippen LogP) is 8.58. The molecule has 0 aliphatic carbocycles. The van der Waals surface area contributed by atoms with Gasteiger partial charge in [-0.15, -0.1) is 0 Å². The summed E-state index contributed by atoms with van der Waals surface area (Å²) < 4.78 is 0. The van der Waals surface area contributed by atoms with E-state index < -0.39 is 0 Å². The lowest BCUT2D eigenvalue weighted by atomic mass is 9.93. The minimum absolute atomic E-state index is 1.00. The fraction of sp³-hybridized carbons (Fsp3) is 0.273. The fourth-order valence-corrected chi connectivity index (χ4v) is 4.64. The van der Waals surface area contributed by atoms with Crippen molar-refractivity contribution in [3.63, 3.8) is 0 Å². The number of rotatable bonds is 6. The molecule has 0 spiro atoms. The largest absolute Gasteiger partial charge is 0.0588 e. The van der Waals surface area contributed by atoms with Gasteiger partial charge in [0.05, 0.1) is 0 Å². The standard InChI is InChI=1S/C33H36/c1-22-7-9-28(17-24(22)3)21-29-10-12-30(26(5)18-29)13-14-31-15-16-33(20-27(31)6)32-11-8-23(2)25(4)19-32/h7-12,15-20H,13-14,21H2,1-6H3. The first-order valence-corrected chi connectivity index (χ1v) is 12.1. The fourth-order valence-electron chi connectivity index (χ4n) is 4.64. The maximum Gasteiger partial charge on any atom is -0.00256 e. The van der Waals surface area contributed by atoms with Gasteiger partial charge in [0, 0.05) is 0 Å². The molecule has 0 unspecified atom stereocenters. The van der Waals surface area contributed by atoms with Crippen molar-refractivity contribution < 1.29 is 0 Å². The smallest absolute Gasteiger partial charge is 0.00256 e. The highest BCUT2D eigenvalue weighted by molar-refractivity contribution is 5.66. The normalized spacial score (nSPS) is 11.1. The van der Waals surface area contributed by atoms with Gasteiger partial charge < -0.3 is 0 Å². The summed E-state index contributed by atoms with van der Waals surface area (Å²) >= 11 is 0. The van der Waals surface area contributed by atoms with Crippen LogP contribution in [0, 0.1) is 41.5 Å². The van der Waals surface area contributed by atoms with E-state index in [1.165, 1.54) is 66.8 Å². The van der Waals surface area contributed by atoms with E-state index in [2.05, 4.69) is 114 Å². The van der Waals surface area contributed by atoms with Crippen molar-refractivity contribution in [3.8, 4) is 11.1 Å². The quantitative estimate of drug-likeness (QED) is 0.286. The lowest BCUT2D eigenvalue weighted by molar-refractivity contribution is 0.936. The molecule has 4 aromatic carbocycles. The van der Waals surface area contributed by atoms with Crippen LogP contribution >= 0.6 is 0 Å². The third-order valence-electron chi connectivity index (χ3n) is 7.23. The van der Waals surface area contributed by atoms with E-state index in [9.17, 15) is 0 Å². The first kappa shape index (κ1) is 23.1. The van der Waals surface area contributed by atoms with Gasteiger partial charge in [0.25, 0.3) is 0 Å². The van der Waals surface area contributed by atoms with Crippen molar-refractivity contribution in [2.75, 3.05) is 0 Å². The van der Waals surface area contributed by atoms with Crippen LogP contribution in [0.5, 0.6) is 0 Å². The summed E-state index contributed by atoms with van der Waals surface area (Å²) in [4.78, 5) is 0. The van der Waals surface area contributed by atoms with Gasteiger partial charge in [0.15, 0.2) is 0 Å². The van der Waals surface area contributed by atoms with E-state index >= 15 is 0 Å². The van der Waals surface area contributed by atoms with Crippen LogP contribution in [0.3, 0.4) is 0 Å². The zero-order valence-electron chi connectivity index (χ0n) is 21.0. The van der Waals surface area contributed by atoms with Crippen LogP contribution in [-0.4, -0.2) is 0 Å². The Morgan fingerprint density at radius 1 is 0.394 bits per heavy atom. The van der Waals surface area contributed by atoms with Crippen molar-refractivity contribution in [1.82, 2.24) is 0 Å². The average Bonchev–Trinajstić information content (AvgIpc) is 2.78. The van der Waals surface area contributed by atoms with Crippen molar-refractivity contribution in [3.05, 3.63) is 128 Å². The molecule has 0 aromatic heterocycles. The van der Waals surface area contributed by atoms with E-state index in [-0.39, 0.29) is 0 Å². The molecular weight excluding hydrogens is 396 g/mol. The van der Waals surface area contributed by atoms with Crippen molar-refractivity contribution >= 4 is 0 Å². The number of benzene rings is 4. The summed E-state index contributed by atoms with van der Waals surface area (Å²) in [7, 11) is 0. The number of hydrogen-bond acceptors (Lipinski definition) is 0. The molecule has 168 valence electrons. The summed E-state index contributed by atoms with van der Waals surface area (Å²) in [6.07, 6.45) is 3.16. The third kappa shape index (κ3) is 5.45. The second kappa shape index (κ2) is 9.79. The van der Waals surface area contributed by atoms with E-state index in [0.29, 0.717) is 0 Å². The van der Waals surface area contributed by atoms with Crippen LogP contribution in [0.25, 0.3) is 11.1 Å².